The zero-order valence-electron chi connectivity index (χ0n) is 16.7. The molecule has 0 aliphatic carbocycles. The molecule has 2 aromatic rings. The van der Waals surface area contributed by atoms with E-state index in [4.69, 9.17) is 0 Å². The van der Waals surface area contributed by atoms with Crippen LogP contribution < -0.4 is 10.6 Å². The first kappa shape index (κ1) is 19.8. The second kappa shape index (κ2) is 8.10. The minimum absolute atomic E-state index is 0.0955. The van der Waals surface area contributed by atoms with Gasteiger partial charge in [-0.15, -0.1) is 0 Å². The number of carbonyl (C=O) groups is 4. The number of imide groups is 1. The zero-order chi connectivity index (χ0) is 21.3. The Kier molecular flexibility index (Phi) is 5.35. The molecule has 1 saturated heterocycles. The number of piperidine rings is 1. The quantitative estimate of drug-likeness (QED) is 0.739. The van der Waals surface area contributed by atoms with E-state index in [1.807, 2.05) is 37.3 Å². The number of nitrogens with zero attached hydrogens (tertiary/aromatic N) is 1. The van der Waals surface area contributed by atoms with Gasteiger partial charge in [0, 0.05) is 25.1 Å². The Morgan fingerprint density at radius 1 is 1.10 bits per heavy atom. The summed E-state index contributed by atoms with van der Waals surface area (Å²) in [5.41, 5.74) is 4.36. The molecule has 2 N–H and O–H groups in total. The summed E-state index contributed by atoms with van der Waals surface area (Å²) >= 11 is 0. The van der Waals surface area contributed by atoms with Crippen LogP contribution in [0.5, 0.6) is 0 Å². The van der Waals surface area contributed by atoms with Crippen LogP contribution in [-0.4, -0.2) is 34.6 Å². The largest absolute Gasteiger partial charge is 0.352 e. The number of aryl methyl sites for hydroxylation is 1. The van der Waals surface area contributed by atoms with E-state index in [-0.39, 0.29) is 30.6 Å². The van der Waals surface area contributed by atoms with Crippen LogP contribution in [0.3, 0.4) is 0 Å². The first-order chi connectivity index (χ1) is 14.4. The van der Waals surface area contributed by atoms with Crippen molar-refractivity contribution in [1.82, 2.24) is 15.5 Å². The molecule has 1 fully saturated rings. The molecule has 0 aromatic heterocycles. The average molecular weight is 405 g/mol. The normalized spacial score (nSPS) is 18.2. The average Bonchev–Trinajstić information content (AvgIpc) is 3.03. The molecule has 7 heteroatoms. The summed E-state index contributed by atoms with van der Waals surface area (Å²) in [6.45, 7) is 2.79. The van der Waals surface area contributed by atoms with Gasteiger partial charge in [0.05, 0.1) is 6.42 Å². The molecule has 2 aliphatic rings. The number of benzene rings is 2. The lowest BCUT2D eigenvalue weighted by Crippen LogP contribution is -2.52. The molecule has 0 radical (unpaired) electrons. The van der Waals surface area contributed by atoms with E-state index >= 15 is 0 Å². The molecule has 2 aliphatic heterocycles. The Labute approximate surface area is 174 Å². The molecular weight excluding hydrogens is 382 g/mol. The van der Waals surface area contributed by atoms with E-state index in [0.717, 1.165) is 16.7 Å². The molecule has 0 saturated carbocycles. The van der Waals surface area contributed by atoms with Gasteiger partial charge >= 0.3 is 0 Å². The molecule has 0 bridgehead atoms. The monoisotopic (exact) mass is 405 g/mol. The minimum Gasteiger partial charge on any atom is -0.352 e. The molecule has 7 nitrogen and oxygen atoms in total. The maximum absolute atomic E-state index is 12.7. The molecule has 1 unspecified atom stereocenters. The van der Waals surface area contributed by atoms with Gasteiger partial charge in [0.1, 0.15) is 6.04 Å². The highest BCUT2D eigenvalue weighted by Crippen LogP contribution is 2.28. The van der Waals surface area contributed by atoms with Crippen molar-refractivity contribution in [2.24, 2.45) is 0 Å². The van der Waals surface area contributed by atoms with Crippen LogP contribution in [0.15, 0.2) is 42.5 Å². The van der Waals surface area contributed by atoms with E-state index in [2.05, 4.69) is 10.6 Å². The smallest absolute Gasteiger partial charge is 0.255 e. The molecule has 4 rings (SSSR count). The number of rotatable bonds is 5. The fourth-order valence-corrected chi connectivity index (χ4v) is 3.89. The Bertz CT molecular complexity index is 1030. The summed E-state index contributed by atoms with van der Waals surface area (Å²) in [6.07, 6.45) is 0.771. The van der Waals surface area contributed by atoms with Gasteiger partial charge in [-0.3, -0.25) is 24.5 Å². The van der Waals surface area contributed by atoms with Gasteiger partial charge in [0.25, 0.3) is 5.91 Å². The van der Waals surface area contributed by atoms with Gasteiger partial charge in [-0.1, -0.05) is 42.0 Å². The van der Waals surface area contributed by atoms with Crippen molar-refractivity contribution in [3.63, 3.8) is 0 Å². The maximum atomic E-state index is 12.7. The topological polar surface area (TPSA) is 95.6 Å². The summed E-state index contributed by atoms with van der Waals surface area (Å²) in [4.78, 5) is 50.1. The van der Waals surface area contributed by atoms with Crippen LogP contribution in [0.4, 0.5) is 0 Å². The van der Waals surface area contributed by atoms with Crippen LogP contribution >= 0.6 is 0 Å². The van der Waals surface area contributed by atoms with Crippen LogP contribution in [0.1, 0.15) is 45.5 Å². The minimum atomic E-state index is -0.635. The second-order valence-corrected chi connectivity index (χ2v) is 7.83. The summed E-state index contributed by atoms with van der Waals surface area (Å²) in [7, 11) is 0. The lowest BCUT2D eigenvalue weighted by molar-refractivity contribution is -0.137. The second-order valence-electron chi connectivity index (χ2n) is 7.83. The van der Waals surface area contributed by atoms with Gasteiger partial charge in [-0.25, -0.2) is 0 Å². The summed E-state index contributed by atoms with van der Waals surface area (Å²) in [5, 5.41) is 5.21. The number of nitrogens with one attached hydrogen (secondary N) is 2. The molecule has 154 valence electrons. The van der Waals surface area contributed by atoms with E-state index in [0.29, 0.717) is 25.1 Å². The highest BCUT2D eigenvalue weighted by molar-refractivity contribution is 6.05. The van der Waals surface area contributed by atoms with Crippen molar-refractivity contribution in [1.29, 1.82) is 0 Å². The van der Waals surface area contributed by atoms with Gasteiger partial charge in [-0.05, 0) is 36.1 Å². The third-order valence-corrected chi connectivity index (χ3v) is 5.56. The van der Waals surface area contributed by atoms with E-state index in [1.54, 1.807) is 12.1 Å². The van der Waals surface area contributed by atoms with Gasteiger partial charge in [-0.2, -0.15) is 0 Å². The van der Waals surface area contributed by atoms with Crippen molar-refractivity contribution in [2.45, 2.75) is 45.3 Å². The third kappa shape index (κ3) is 4.10. The Morgan fingerprint density at radius 2 is 1.83 bits per heavy atom. The summed E-state index contributed by atoms with van der Waals surface area (Å²) in [6, 6.07) is 12.7. The van der Waals surface area contributed by atoms with E-state index in [1.165, 1.54) is 10.5 Å². The van der Waals surface area contributed by atoms with Gasteiger partial charge in [0.2, 0.25) is 17.7 Å². The van der Waals surface area contributed by atoms with Crippen LogP contribution in [0.2, 0.25) is 0 Å². The van der Waals surface area contributed by atoms with Gasteiger partial charge in [0.15, 0.2) is 0 Å². The fraction of sp³-hybridized carbons (Fsp3) is 0.304. The maximum Gasteiger partial charge on any atom is 0.255 e. The number of hydrogen-bond acceptors (Lipinski definition) is 4. The Balaban J connectivity index is 1.38. The van der Waals surface area contributed by atoms with Crippen molar-refractivity contribution in [2.75, 3.05) is 0 Å². The summed E-state index contributed by atoms with van der Waals surface area (Å²) in [5.74, 6) is -1.04. The standard InChI is InChI=1S/C23H23N3O4/c1-14-2-4-15(5-3-14)12-24-21(28)11-16-6-7-18-17(10-16)13-26(23(18)30)19-8-9-20(27)25-22(19)29/h2-7,10,19H,8-9,11-13H2,1H3,(H,24,28)(H,25,27,29). The molecule has 30 heavy (non-hydrogen) atoms. The lowest BCUT2D eigenvalue weighted by atomic mass is 10.0. The number of fused-ring (bicyclic) bond motifs is 1. The molecule has 2 aromatic carbocycles. The number of hydrogen-bond donors (Lipinski definition) is 2. The highest BCUT2D eigenvalue weighted by Gasteiger charge is 2.39. The lowest BCUT2D eigenvalue weighted by Gasteiger charge is -2.29. The van der Waals surface area contributed by atoms with E-state index < -0.39 is 11.9 Å². The van der Waals surface area contributed by atoms with Crippen molar-refractivity contribution >= 4 is 23.6 Å². The number of amides is 4. The number of carbonyl (C=O) groups excluding carboxylic acids is 4. The highest BCUT2D eigenvalue weighted by atomic mass is 16.2. The van der Waals surface area contributed by atoms with Crippen molar-refractivity contribution in [3.05, 3.63) is 70.3 Å². The fourth-order valence-electron chi connectivity index (χ4n) is 3.89. The molecule has 0 spiro atoms. The predicted molar refractivity (Wildman–Crippen MR) is 109 cm³/mol. The molecule has 4 amide bonds. The summed E-state index contributed by atoms with van der Waals surface area (Å²) < 4.78 is 0. The van der Waals surface area contributed by atoms with Crippen LogP contribution in [-0.2, 0) is 33.9 Å². The van der Waals surface area contributed by atoms with Crippen LogP contribution in [0, 0.1) is 6.92 Å². The Hall–Kier alpha value is -3.48. The van der Waals surface area contributed by atoms with Crippen LogP contribution in [0.25, 0.3) is 0 Å². The predicted octanol–water partition coefficient (Wildman–Crippen LogP) is 1.61. The van der Waals surface area contributed by atoms with Crippen molar-refractivity contribution < 1.29 is 19.2 Å². The van der Waals surface area contributed by atoms with Crippen molar-refractivity contribution in [3.8, 4) is 0 Å². The Morgan fingerprint density at radius 3 is 2.57 bits per heavy atom. The SMILES string of the molecule is Cc1ccc(CNC(=O)Cc2ccc3c(c2)CN(C2CCC(=O)NC2=O)C3=O)cc1. The molecule has 1 atom stereocenters. The third-order valence-electron chi connectivity index (χ3n) is 5.56. The molecular formula is C23H23N3O4. The van der Waals surface area contributed by atoms with Gasteiger partial charge < -0.3 is 10.2 Å². The van der Waals surface area contributed by atoms with E-state index in [9.17, 15) is 19.2 Å². The zero-order valence-corrected chi connectivity index (χ0v) is 16.7. The molecule has 2 heterocycles. The first-order valence-corrected chi connectivity index (χ1v) is 9.99. The first-order valence-electron chi connectivity index (χ1n) is 9.99.